The maximum absolute atomic E-state index is 14.1. The molecular formula is C32H39N7O6S. The summed E-state index contributed by atoms with van der Waals surface area (Å²) in [5.74, 6) is 0.0429. The van der Waals surface area contributed by atoms with E-state index in [9.17, 15) is 19.2 Å². The highest BCUT2D eigenvalue weighted by Crippen LogP contribution is 2.32. The lowest BCUT2D eigenvalue weighted by molar-refractivity contribution is 0.0239. The molecule has 13 nitrogen and oxygen atoms in total. The first kappa shape index (κ1) is 31.5. The van der Waals surface area contributed by atoms with Crippen LogP contribution in [0.2, 0.25) is 0 Å². The molecule has 0 spiro atoms. The summed E-state index contributed by atoms with van der Waals surface area (Å²) < 4.78 is 13.7. The molecule has 3 aromatic heterocycles. The third-order valence-corrected chi connectivity index (χ3v) is 8.94. The first-order valence-electron chi connectivity index (χ1n) is 15.4. The molecule has 0 aliphatic carbocycles. The molecule has 2 fully saturated rings. The van der Waals surface area contributed by atoms with Crippen molar-refractivity contribution < 1.29 is 23.9 Å². The first-order chi connectivity index (χ1) is 21.7. The summed E-state index contributed by atoms with van der Waals surface area (Å²) in [5, 5.41) is 3.08. The highest BCUT2D eigenvalue weighted by molar-refractivity contribution is 7.24. The molecule has 244 valence electrons. The van der Waals surface area contributed by atoms with Gasteiger partial charge in [-0.2, -0.15) is 4.98 Å². The second kappa shape index (κ2) is 11.7. The van der Waals surface area contributed by atoms with E-state index < -0.39 is 28.6 Å². The van der Waals surface area contributed by atoms with Crippen molar-refractivity contribution in [3.63, 3.8) is 0 Å². The van der Waals surface area contributed by atoms with Gasteiger partial charge in [0.1, 0.15) is 21.6 Å². The van der Waals surface area contributed by atoms with E-state index >= 15 is 0 Å². The molecule has 0 radical (unpaired) electrons. The molecule has 1 atom stereocenters. The molecule has 6 rings (SSSR count). The summed E-state index contributed by atoms with van der Waals surface area (Å²) in [4.78, 5) is 68.2. The quantitative estimate of drug-likeness (QED) is 0.345. The lowest BCUT2D eigenvalue weighted by atomic mass is 10.2. The number of hydrogen-bond donors (Lipinski definition) is 1. The lowest BCUT2D eigenvalue weighted by Crippen LogP contribution is -2.50. The minimum absolute atomic E-state index is 0.0638. The zero-order chi connectivity index (χ0) is 33.0. The van der Waals surface area contributed by atoms with Crippen LogP contribution in [0.25, 0.3) is 26.1 Å². The summed E-state index contributed by atoms with van der Waals surface area (Å²) in [6, 6.07) is 7.42. The number of para-hydroxylation sites is 1. The Morgan fingerprint density at radius 1 is 0.935 bits per heavy atom. The van der Waals surface area contributed by atoms with Gasteiger partial charge in [0, 0.05) is 45.5 Å². The molecule has 2 aliphatic rings. The minimum Gasteiger partial charge on any atom is -0.444 e. The second-order valence-corrected chi connectivity index (χ2v) is 14.7. The second-order valence-electron chi connectivity index (χ2n) is 13.7. The van der Waals surface area contributed by atoms with Gasteiger partial charge in [0.15, 0.2) is 5.65 Å². The van der Waals surface area contributed by atoms with Crippen LogP contribution in [-0.4, -0.2) is 98.8 Å². The van der Waals surface area contributed by atoms with E-state index in [4.69, 9.17) is 14.5 Å². The number of alkyl carbamates (subject to hydrolysis) is 1. The molecule has 1 unspecified atom stereocenters. The summed E-state index contributed by atoms with van der Waals surface area (Å²) in [6.45, 7) is 13.4. The minimum atomic E-state index is -0.638. The number of rotatable bonds is 3. The number of thiazole rings is 1. The zero-order valence-corrected chi connectivity index (χ0v) is 27.8. The normalized spacial score (nSPS) is 17.6. The SMILES string of the molecule is CC(C)(C)OC(=O)NC1CCN(C(=O)c2c(=O)c3cnc(N4CCN(C(=O)OC(C)(C)C)CC4)nc3n3c2sc2ccccc23)C1. The maximum atomic E-state index is 14.1. The van der Waals surface area contributed by atoms with Gasteiger partial charge in [-0.1, -0.05) is 12.1 Å². The molecule has 46 heavy (non-hydrogen) atoms. The zero-order valence-electron chi connectivity index (χ0n) is 27.0. The van der Waals surface area contributed by atoms with Crippen molar-refractivity contribution in [3.05, 3.63) is 46.2 Å². The van der Waals surface area contributed by atoms with E-state index in [1.165, 1.54) is 17.5 Å². The Morgan fingerprint density at radius 2 is 1.63 bits per heavy atom. The van der Waals surface area contributed by atoms with Crippen molar-refractivity contribution in [2.45, 2.75) is 65.2 Å². The van der Waals surface area contributed by atoms with Crippen LogP contribution in [0.3, 0.4) is 0 Å². The molecule has 4 aromatic rings. The van der Waals surface area contributed by atoms with Crippen LogP contribution in [-0.2, 0) is 9.47 Å². The Balaban J connectivity index is 1.32. The largest absolute Gasteiger partial charge is 0.444 e. The number of fused-ring (bicyclic) bond motifs is 5. The van der Waals surface area contributed by atoms with Gasteiger partial charge in [-0.15, -0.1) is 11.3 Å². The fourth-order valence-corrected chi connectivity index (χ4v) is 6.92. The monoisotopic (exact) mass is 649 g/mol. The summed E-state index contributed by atoms with van der Waals surface area (Å²) in [5.41, 5.74) is -0.344. The van der Waals surface area contributed by atoms with E-state index in [0.29, 0.717) is 55.6 Å². The molecule has 1 aromatic carbocycles. The van der Waals surface area contributed by atoms with Gasteiger partial charge in [-0.05, 0) is 60.1 Å². The van der Waals surface area contributed by atoms with Gasteiger partial charge in [0.2, 0.25) is 11.4 Å². The fraction of sp³-hybridized carbons (Fsp3) is 0.500. The average molecular weight is 650 g/mol. The number of nitrogens with zero attached hydrogens (tertiary/aromatic N) is 6. The van der Waals surface area contributed by atoms with Crippen LogP contribution in [0.4, 0.5) is 15.5 Å². The van der Waals surface area contributed by atoms with E-state index in [1.54, 1.807) is 30.6 Å². The molecule has 14 heteroatoms. The first-order valence-corrected chi connectivity index (χ1v) is 16.2. The molecule has 1 N–H and O–H groups in total. The van der Waals surface area contributed by atoms with E-state index in [1.807, 2.05) is 54.3 Å². The lowest BCUT2D eigenvalue weighted by Gasteiger charge is -2.35. The van der Waals surface area contributed by atoms with Crippen molar-refractivity contribution >= 4 is 61.5 Å². The number of carbonyl (C=O) groups is 3. The number of likely N-dealkylation sites (tertiary alicyclic amines) is 1. The Labute approximate surface area is 270 Å². The van der Waals surface area contributed by atoms with Gasteiger partial charge < -0.3 is 29.5 Å². The van der Waals surface area contributed by atoms with Gasteiger partial charge >= 0.3 is 12.2 Å². The number of pyridine rings is 1. The molecular weight excluding hydrogens is 610 g/mol. The van der Waals surface area contributed by atoms with Gasteiger partial charge in [0.05, 0.1) is 21.6 Å². The maximum Gasteiger partial charge on any atom is 0.410 e. The van der Waals surface area contributed by atoms with Crippen LogP contribution >= 0.6 is 11.3 Å². The Hall–Kier alpha value is -4.46. The number of nitrogens with one attached hydrogen (secondary N) is 1. The number of piperazine rings is 1. The number of carbonyl (C=O) groups excluding carboxylic acids is 3. The van der Waals surface area contributed by atoms with Crippen LogP contribution in [0.5, 0.6) is 0 Å². The fourth-order valence-electron chi connectivity index (χ4n) is 5.74. The van der Waals surface area contributed by atoms with Crippen LogP contribution in [0.1, 0.15) is 58.3 Å². The van der Waals surface area contributed by atoms with Gasteiger partial charge in [-0.3, -0.25) is 14.0 Å². The summed E-state index contributed by atoms with van der Waals surface area (Å²) >= 11 is 1.37. The number of amides is 3. The highest BCUT2D eigenvalue weighted by Gasteiger charge is 2.33. The smallest absolute Gasteiger partial charge is 0.410 e. The number of anilines is 1. The third kappa shape index (κ3) is 6.30. The van der Waals surface area contributed by atoms with Crippen LogP contribution < -0.4 is 15.6 Å². The Morgan fingerprint density at radius 3 is 2.33 bits per heavy atom. The predicted octanol–water partition coefficient (Wildman–Crippen LogP) is 4.25. The Kier molecular flexibility index (Phi) is 8.03. The van der Waals surface area contributed by atoms with Gasteiger partial charge in [-0.25, -0.2) is 14.6 Å². The summed E-state index contributed by atoms with van der Waals surface area (Å²) in [6.07, 6.45) is 1.14. The third-order valence-electron chi connectivity index (χ3n) is 7.79. The van der Waals surface area contributed by atoms with Crippen molar-refractivity contribution in [1.82, 2.24) is 29.5 Å². The van der Waals surface area contributed by atoms with E-state index in [-0.39, 0.29) is 29.6 Å². The topological polar surface area (TPSA) is 139 Å². The molecule has 5 heterocycles. The van der Waals surface area contributed by atoms with Crippen molar-refractivity contribution in [3.8, 4) is 0 Å². The number of aromatic nitrogens is 3. The molecule has 0 bridgehead atoms. The van der Waals surface area contributed by atoms with Crippen molar-refractivity contribution in [2.24, 2.45) is 0 Å². The van der Waals surface area contributed by atoms with E-state index in [2.05, 4.69) is 10.3 Å². The number of benzene rings is 1. The number of ether oxygens (including phenoxy) is 2. The predicted molar refractivity (Wildman–Crippen MR) is 176 cm³/mol. The van der Waals surface area contributed by atoms with Crippen molar-refractivity contribution in [1.29, 1.82) is 0 Å². The average Bonchev–Trinajstić information content (AvgIpc) is 3.60. The molecule has 2 aliphatic heterocycles. The Bertz CT molecular complexity index is 1900. The molecule has 3 amide bonds. The molecule has 0 saturated carbocycles. The molecule has 2 saturated heterocycles. The van der Waals surface area contributed by atoms with Crippen LogP contribution in [0, 0.1) is 0 Å². The summed E-state index contributed by atoms with van der Waals surface area (Å²) in [7, 11) is 0. The van der Waals surface area contributed by atoms with E-state index in [0.717, 1.165) is 10.2 Å². The highest BCUT2D eigenvalue weighted by atomic mass is 32.1. The number of hydrogen-bond acceptors (Lipinski definition) is 10. The van der Waals surface area contributed by atoms with Crippen molar-refractivity contribution in [2.75, 3.05) is 44.2 Å². The van der Waals surface area contributed by atoms with Crippen LogP contribution in [0.15, 0.2) is 35.3 Å². The van der Waals surface area contributed by atoms with Gasteiger partial charge in [0.25, 0.3) is 5.91 Å². The standard InChI is InChI=1S/C32H39N7O6S/c1-31(2,3)44-29(42)34-19-11-12-38(18-19)26(41)23-24(40)20-17-33-28(36-13-15-37(16-14-36)30(43)45-32(4,5)6)35-25(20)39-21-9-7-8-10-22(21)46-27(23)39/h7-10,17,19H,11-16,18H2,1-6H3,(H,34,42).